The molecule has 40 heteroatoms. The Balaban J connectivity index is 2.16. The lowest BCUT2D eigenvalue weighted by Gasteiger charge is -2.30. The molecule has 14 amide bonds. The maximum Gasteiger partial charge on any atom is 0.329 e. The first-order chi connectivity index (χ1) is 51.3. The van der Waals surface area contributed by atoms with E-state index in [2.05, 4.69) is 87.9 Å². The summed E-state index contributed by atoms with van der Waals surface area (Å²) in [6.07, 6.45) is -0.789. The molecule has 0 radical (unpaired) electrons. The highest BCUT2D eigenvalue weighted by Gasteiger charge is 2.40. The molecule has 0 aliphatic carbocycles. The van der Waals surface area contributed by atoms with Crippen LogP contribution in [0.5, 0.6) is 0 Å². The number of nitrogens with one attached hydrogen (secondary N) is 14. The van der Waals surface area contributed by atoms with E-state index in [1.165, 1.54) is 6.92 Å². The number of H-pyrrole nitrogens is 1. The van der Waals surface area contributed by atoms with E-state index in [4.69, 9.17) is 16.2 Å². The third-order valence-electron chi connectivity index (χ3n) is 17.4. The Morgan fingerprint density at radius 2 is 1.06 bits per heavy atom. The normalized spacial score (nSPS) is 21.8. The molecule has 13 atom stereocenters. The summed E-state index contributed by atoms with van der Waals surface area (Å²) < 4.78 is 5.72. The number of rotatable bonds is 34. The van der Waals surface area contributed by atoms with Crippen molar-refractivity contribution in [3.05, 3.63) is 36.0 Å². The van der Waals surface area contributed by atoms with Gasteiger partial charge in [-0.1, -0.05) is 90.8 Å². The topological polar surface area (TPSA) is 639 Å². The number of cyclic esters (lactones) is 1. The van der Waals surface area contributed by atoms with Crippen LogP contribution in [0, 0.1) is 11.8 Å². The summed E-state index contributed by atoms with van der Waals surface area (Å²) in [4.78, 5) is 259. The van der Waals surface area contributed by atoms with Crippen LogP contribution in [0.15, 0.2) is 30.5 Å². The van der Waals surface area contributed by atoms with Crippen molar-refractivity contribution in [1.29, 1.82) is 0 Å². The molecule has 13 unspecified atom stereocenters. The number of carboxylic acid groups (broad SMARTS) is 4. The molecular formula is C69H104N16O24. The van der Waals surface area contributed by atoms with Crippen LogP contribution in [-0.2, 0) is 102 Å². The van der Waals surface area contributed by atoms with Crippen LogP contribution in [0.1, 0.15) is 163 Å². The number of aliphatic carboxylic acids is 4. The number of hydrogen-bond donors (Lipinski definition) is 20. The molecule has 40 nitrogen and oxygen atoms in total. The van der Waals surface area contributed by atoms with E-state index in [0.717, 1.165) is 52.9 Å². The Morgan fingerprint density at radius 3 is 1.65 bits per heavy atom. The van der Waals surface area contributed by atoms with Crippen molar-refractivity contribution in [2.24, 2.45) is 23.3 Å². The monoisotopic (exact) mass is 1540 g/mol. The predicted molar refractivity (Wildman–Crippen MR) is 383 cm³/mol. The van der Waals surface area contributed by atoms with Gasteiger partial charge in [0, 0.05) is 36.4 Å². The number of carbonyl (C=O) groups excluding carboxylic acids is 15. The van der Waals surface area contributed by atoms with Crippen molar-refractivity contribution in [3.63, 3.8) is 0 Å². The lowest BCUT2D eigenvalue weighted by molar-refractivity contribution is -0.157. The molecule has 22 N–H and O–H groups in total. The van der Waals surface area contributed by atoms with Crippen molar-refractivity contribution in [2.45, 2.75) is 237 Å². The number of carboxylic acids is 4. The van der Waals surface area contributed by atoms with Crippen LogP contribution in [0.4, 0.5) is 0 Å². The van der Waals surface area contributed by atoms with Crippen LogP contribution >= 0.6 is 0 Å². The van der Waals surface area contributed by atoms with Gasteiger partial charge in [-0.2, -0.15) is 0 Å². The van der Waals surface area contributed by atoms with E-state index >= 15 is 0 Å². The number of carbonyl (C=O) groups is 19. The van der Waals surface area contributed by atoms with Gasteiger partial charge in [0.15, 0.2) is 0 Å². The summed E-state index contributed by atoms with van der Waals surface area (Å²) >= 11 is 0. The number of hydrogen-bond acceptors (Lipinski definition) is 21. The van der Waals surface area contributed by atoms with Crippen LogP contribution in [0.3, 0.4) is 0 Å². The molecule has 0 bridgehead atoms. The molecular weight excluding hydrogens is 1440 g/mol. The highest BCUT2D eigenvalue weighted by atomic mass is 16.5. The number of aromatic nitrogens is 1. The summed E-state index contributed by atoms with van der Waals surface area (Å²) in [6.45, 7) is 8.05. The zero-order chi connectivity index (χ0) is 81.8. The van der Waals surface area contributed by atoms with Gasteiger partial charge in [0.2, 0.25) is 82.7 Å². The predicted octanol–water partition coefficient (Wildman–Crippen LogP) is -4.01. The highest BCUT2D eigenvalue weighted by Crippen LogP contribution is 2.21. The number of benzene rings is 1. The summed E-state index contributed by atoms with van der Waals surface area (Å²) in [5.74, 6) is -25.5. The minimum atomic E-state index is -2.29. The second kappa shape index (κ2) is 46.7. The number of esters is 1. The van der Waals surface area contributed by atoms with Crippen LogP contribution in [-0.4, -0.2) is 230 Å². The molecule has 0 saturated carbocycles. The number of fused-ring (bicyclic) bond motifs is 1. The standard InChI is InChI=1S/C69H104N16O24/c1-8-35(4)57-69(108)109-38(7)58(85-67(106)48(30-56(96)97)83-66(105)45(27-49(71)86)81-65(104)44(26-39-31-72-41-20-16-15-19-40(39)41)78-50(87)22-14-12-10-9-11-13-18-34(2)3)68(107)74-33-52(89)77-42(21-17-25-70)62(101)82-47(29-55(94)95)64(103)76-37(6)60(99)80-46(28-54(92)93)61(100)73-32-51(88)75-36(5)59(98)79-43(63(102)84-57)23-24-53(90)91/h15-16,19-20,31,34-38,42-48,57-58,72H,8-14,17-18,21-30,32-33,70H2,1-7H3,(H2,71,86)(H,73,100)(H,74,107)(H,75,88)(H,76,103)(H,77,89)(H,78,87)(H,79,98)(H,80,99)(H,81,104)(H,82,101)(H,83,105)(H,84,102)(H,85,106)(H,90,91)(H,92,93)(H,94,95)(H,96,97). The molecule has 1 saturated heterocycles. The average molecular weight is 1540 g/mol. The first kappa shape index (κ1) is 91.9. The third kappa shape index (κ3) is 33.5. The second-order valence-electron chi connectivity index (χ2n) is 26.9. The first-order valence-electron chi connectivity index (χ1n) is 35.8. The van der Waals surface area contributed by atoms with Gasteiger partial charge in [-0.15, -0.1) is 0 Å². The molecule has 1 aromatic carbocycles. The van der Waals surface area contributed by atoms with Crippen LogP contribution in [0.25, 0.3) is 10.9 Å². The molecule has 2 aromatic rings. The smallest absolute Gasteiger partial charge is 0.329 e. The summed E-state index contributed by atoms with van der Waals surface area (Å²) in [5.41, 5.74) is 12.5. The van der Waals surface area contributed by atoms with Gasteiger partial charge in [-0.25, -0.2) is 4.79 Å². The number of ether oxygens (including phenoxy) is 1. The molecule has 109 heavy (non-hydrogen) atoms. The maximum atomic E-state index is 14.6. The lowest BCUT2D eigenvalue weighted by atomic mass is 9.98. The van der Waals surface area contributed by atoms with E-state index in [0.29, 0.717) is 35.2 Å². The summed E-state index contributed by atoms with van der Waals surface area (Å²) in [5, 5.41) is 68.9. The van der Waals surface area contributed by atoms with Crippen molar-refractivity contribution in [2.75, 3.05) is 19.6 Å². The molecule has 1 aliphatic heterocycles. The Morgan fingerprint density at radius 1 is 0.541 bits per heavy atom. The highest BCUT2D eigenvalue weighted by molar-refractivity contribution is 6.02. The Bertz CT molecular complexity index is 3590. The fourth-order valence-corrected chi connectivity index (χ4v) is 11.1. The van der Waals surface area contributed by atoms with E-state index in [9.17, 15) is 112 Å². The molecule has 0 spiro atoms. The van der Waals surface area contributed by atoms with Crippen molar-refractivity contribution < 1.29 is 116 Å². The van der Waals surface area contributed by atoms with Gasteiger partial charge in [0.25, 0.3) is 0 Å². The minimum Gasteiger partial charge on any atom is -0.481 e. The molecule has 604 valence electrons. The van der Waals surface area contributed by atoms with Crippen molar-refractivity contribution >= 4 is 123 Å². The number of unbranched alkanes of at least 4 members (excludes halogenated alkanes) is 5. The number of amides is 14. The van der Waals surface area contributed by atoms with Crippen molar-refractivity contribution in [3.8, 4) is 0 Å². The largest absolute Gasteiger partial charge is 0.481 e. The summed E-state index contributed by atoms with van der Waals surface area (Å²) in [6, 6.07) is -13.7. The lowest BCUT2D eigenvalue weighted by Crippen LogP contribution is -2.61. The first-order valence-corrected chi connectivity index (χ1v) is 35.8. The van der Waals surface area contributed by atoms with Gasteiger partial charge in [0.1, 0.15) is 72.6 Å². The Hall–Kier alpha value is -11.4. The quantitative estimate of drug-likeness (QED) is 0.0234. The van der Waals surface area contributed by atoms with Gasteiger partial charge in [-0.3, -0.25) is 86.3 Å². The zero-order valence-electron chi connectivity index (χ0n) is 61.9. The van der Waals surface area contributed by atoms with Gasteiger partial charge in [0.05, 0.1) is 38.8 Å². The molecule has 1 aromatic heterocycles. The van der Waals surface area contributed by atoms with Gasteiger partial charge < -0.3 is 111 Å². The molecule has 3 rings (SSSR count). The van der Waals surface area contributed by atoms with Crippen LogP contribution in [0.2, 0.25) is 0 Å². The molecule has 1 aliphatic rings. The maximum absolute atomic E-state index is 14.6. The molecule has 2 heterocycles. The summed E-state index contributed by atoms with van der Waals surface area (Å²) in [7, 11) is 0. The second-order valence-corrected chi connectivity index (χ2v) is 26.9. The zero-order valence-corrected chi connectivity index (χ0v) is 61.9. The SMILES string of the molecule is CCC(C)C1NC(=O)C(CCC(=O)O)NC(=O)C(C)NC(=O)CNC(=O)C(CC(=O)O)NC(=O)C(C)NC(=O)C(CC(=O)O)NC(=O)C(CCCN)NC(=O)CNC(=O)C(NC(=O)C(CC(=O)O)NC(=O)C(CC(N)=O)NC(=O)C(Cc2c[nH]c3ccccc23)NC(=O)CCCCCCCCC(C)C)C(C)OC1=O. The van der Waals surface area contributed by atoms with Crippen LogP contribution < -0.4 is 80.6 Å². The number of aromatic amines is 1. The van der Waals surface area contributed by atoms with E-state index in [-0.39, 0.29) is 38.6 Å². The average Bonchev–Trinajstić information content (AvgIpc) is 1.22. The van der Waals surface area contributed by atoms with E-state index in [1.807, 2.05) is 0 Å². The number of primary amides is 1. The number of nitrogens with two attached hydrogens (primary N) is 2. The Labute approximate surface area is 627 Å². The van der Waals surface area contributed by atoms with Gasteiger partial charge >= 0.3 is 29.8 Å². The molecule has 1 fully saturated rings. The number of para-hydroxylation sites is 1. The van der Waals surface area contributed by atoms with Gasteiger partial charge in [-0.05, 0) is 76.5 Å². The van der Waals surface area contributed by atoms with E-state index in [1.54, 1.807) is 37.4 Å². The fourth-order valence-electron chi connectivity index (χ4n) is 11.1. The minimum absolute atomic E-state index is 0.00881. The van der Waals surface area contributed by atoms with E-state index < -0.39 is 243 Å². The Kier molecular flexibility index (Phi) is 39.3. The third-order valence-corrected chi connectivity index (χ3v) is 17.4. The van der Waals surface area contributed by atoms with Crippen molar-refractivity contribution in [1.82, 2.24) is 74.1 Å². The fraction of sp³-hybridized carbons (Fsp3) is 0.609.